The van der Waals surface area contributed by atoms with E-state index in [-0.39, 0.29) is 11.8 Å². The van der Waals surface area contributed by atoms with E-state index in [0.29, 0.717) is 30.4 Å². The van der Waals surface area contributed by atoms with Gasteiger partial charge in [0.2, 0.25) is 17.6 Å². The number of carbonyl (C=O) groups is 1. The van der Waals surface area contributed by atoms with Gasteiger partial charge in [-0.1, -0.05) is 29.4 Å². The number of rotatable bonds is 3. The summed E-state index contributed by atoms with van der Waals surface area (Å²) in [5.74, 6) is 0.918. The number of nitrogens with zero attached hydrogens (tertiary/aromatic N) is 4. The van der Waals surface area contributed by atoms with Gasteiger partial charge in [-0.2, -0.15) is 4.98 Å². The number of aryl methyl sites for hydroxylation is 1. The number of amides is 1. The molecule has 0 spiro atoms. The van der Waals surface area contributed by atoms with Crippen molar-refractivity contribution < 1.29 is 9.32 Å². The lowest BCUT2D eigenvalue weighted by molar-refractivity contribution is -0.117. The molecule has 1 saturated heterocycles. The van der Waals surface area contributed by atoms with Crippen LogP contribution in [0.15, 0.2) is 53.2 Å². The number of anilines is 1. The van der Waals surface area contributed by atoms with Gasteiger partial charge in [0, 0.05) is 24.8 Å². The second-order valence-electron chi connectivity index (χ2n) is 5.86. The lowest BCUT2D eigenvalue weighted by Gasteiger charge is -2.18. The first-order valence-corrected chi connectivity index (χ1v) is 7.83. The van der Waals surface area contributed by atoms with Crippen LogP contribution in [0.5, 0.6) is 0 Å². The summed E-state index contributed by atoms with van der Waals surface area (Å²) in [4.78, 5) is 22.9. The minimum Gasteiger partial charge on any atom is -0.339 e. The maximum Gasteiger partial charge on any atom is 0.232 e. The molecule has 1 aliphatic heterocycles. The van der Waals surface area contributed by atoms with Gasteiger partial charge in [-0.3, -0.25) is 9.78 Å². The van der Waals surface area contributed by atoms with Crippen molar-refractivity contribution >= 4 is 11.6 Å². The molecule has 1 atom stereocenters. The van der Waals surface area contributed by atoms with E-state index < -0.39 is 0 Å². The molecule has 1 amide bonds. The van der Waals surface area contributed by atoms with Crippen LogP contribution in [0.3, 0.4) is 0 Å². The topological polar surface area (TPSA) is 72.1 Å². The third kappa shape index (κ3) is 2.56. The molecule has 1 aliphatic rings. The molecule has 4 rings (SSSR count). The molecule has 0 bridgehead atoms. The number of hydrogen-bond acceptors (Lipinski definition) is 5. The van der Waals surface area contributed by atoms with Gasteiger partial charge in [0.15, 0.2) is 0 Å². The predicted molar refractivity (Wildman–Crippen MR) is 88.4 cm³/mol. The first-order valence-electron chi connectivity index (χ1n) is 7.83. The molecule has 0 N–H and O–H groups in total. The van der Waals surface area contributed by atoms with Crippen molar-refractivity contribution in [3.63, 3.8) is 0 Å². The van der Waals surface area contributed by atoms with Crippen LogP contribution in [0, 0.1) is 6.92 Å². The van der Waals surface area contributed by atoms with Crippen LogP contribution in [0.2, 0.25) is 0 Å². The van der Waals surface area contributed by atoms with E-state index in [1.54, 1.807) is 11.1 Å². The SMILES string of the molecule is Cc1ccccc1N1CC(c2nc(-c3ccccn3)no2)CC1=O. The van der Waals surface area contributed by atoms with E-state index in [9.17, 15) is 4.79 Å². The molecule has 3 aromatic rings. The Balaban J connectivity index is 1.58. The third-order valence-electron chi connectivity index (χ3n) is 4.22. The Morgan fingerprint density at radius 2 is 2.00 bits per heavy atom. The minimum atomic E-state index is -0.0953. The molecule has 1 aromatic carbocycles. The van der Waals surface area contributed by atoms with Crippen LogP contribution < -0.4 is 4.90 Å². The second kappa shape index (κ2) is 5.88. The normalized spacial score (nSPS) is 17.5. The molecule has 0 saturated carbocycles. The van der Waals surface area contributed by atoms with Gasteiger partial charge in [-0.25, -0.2) is 0 Å². The lowest BCUT2D eigenvalue weighted by Crippen LogP contribution is -2.25. The van der Waals surface area contributed by atoms with Crippen molar-refractivity contribution in [1.29, 1.82) is 0 Å². The summed E-state index contributed by atoms with van der Waals surface area (Å²) in [5.41, 5.74) is 2.67. The smallest absolute Gasteiger partial charge is 0.232 e. The molecule has 0 radical (unpaired) electrons. The maximum atomic E-state index is 12.4. The Kier molecular flexibility index (Phi) is 3.57. The van der Waals surface area contributed by atoms with Gasteiger partial charge < -0.3 is 9.42 Å². The highest BCUT2D eigenvalue weighted by Crippen LogP contribution is 2.33. The van der Waals surface area contributed by atoms with Crippen LogP contribution >= 0.6 is 0 Å². The average molecular weight is 320 g/mol. The zero-order valence-corrected chi connectivity index (χ0v) is 13.2. The first kappa shape index (κ1) is 14.6. The Hall–Kier alpha value is -3.02. The zero-order valence-electron chi connectivity index (χ0n) is 13.2. The second-order valence-corrected chi connectivity index (χ2v) is 5.86. The molecule has 24 heavy (non-hydrogen) atoms. The molecule has 6 nitrogen and oxygen atoms in total. The van der Waals surface area contributed by atoms with Crippen molar-refractivity contribution in [2.45, 2.75) is 19.3 Å². The van der Waals surface area contributed by atoms with Gasteiger partial charge >= 0.3 is 0 Å². The Labute approximate surface area is 139 Å². The highest BCUT2D eigenvalue weighted by molar-refractivity contribution is 5.97. The van der Waals surface area contributed by atoms with Gasteiger partial charge in [0.25, 0.3) is 0 Å². The summed E-state index contributed by atoms with van der Waals surface area (Å²) in [7, 11) is 0. The molecule has 2 aromatic heterocycles. The first-order chi connectivity index (χ1) is 11.7. The number of hydrogen-bond donors (Lipinski definition) is 0. The number of para-hydroxylation sites is 1. The van der Waals surface area contributed by atoms with Crippen LogP contribution in [-0.4, -0.2) is 27.6 Å². The number of aromatic nitrogens is 3. The molecule has 120 valence electrons. The zero-order chi connectivity index (χ0) is 16.5. The van der Waals surface area contributed by atoms with Crippen molar-refractivity contribution in [2.24, 2.45) is 0 Å². The van der Waals surface area contributed by atoms with Crippen molar-refractivity contribution in [3.8, 4) is 11.5 Å². The summed E-state index contributed by atoms with van der Waals surface area (Å²) < 4.78 is 5.39. The fraction of sp³-hybridized carbons (Fsp3) is 0.222. The number of benzene rings is 1. The predicted octanol–water partition coefficient (Wildman–Crippen LogP) is 2.96. The van der Waals surface area contributed by atoms with Gasteiger partial charge in [-0.05, 0) is 30.7 Å². The number of pyridine rings is 1. The average Bonchev–Trinajstić information content (AvgIpc) is 3.23. The van der Waals surface area contributed by atoms with Crippen LogP contribution in [-0.2, 0) is 4.79 Å². The summed E-state index contributed by atoms with van der Waals surface area (Å²) in [6.07, 6.45) is 2.06. The molecular formula is C18H16N4O2. The van der Waals surface area contributed by atoms with Crippen LogP contribution in [0.4, 0.5) is 5.69 Å². The lowest BCUT2D eigenvalue weighted by atomic mass is 10.1. The number of carbonyl (C=O) groups excluding carboxylic acids is 1. The van der Waals surface area contributed by atoms with E-state index in [0.717, 1.165) is 11.3 Å². The highest BCUT2D eigenvalue weighted by Gasteiger charge is 2.35. The summed E-state index contributed by atoms with van der Waals surface area (Å²) in [6.45, 7) is 2.55. The monoisotopic (exact) mass is 320 g/mol. The largest absolute Gasteiger partial charge is 0.339 e. The summed E-state index contributed by atoms with van der Waals surface area (Å²) in [6, 6.07) is 13.4. The minimum absolute atomic E-state index is 0.0758. The third-order valence-corrected chi connectivity index (χ3v) is 4.22. The molecule has 3 heterocycles. The van der Waals surface area contributed by atoms with Crippen LogP contribution in [0.25, 0.3) is 11.5 Å². The maximum absolute atomic E-state index is 12.4. The standard InChI is InChI=1S/C18H16N4O2/c1-12-6-2-3-8-15(12)22-11-13(10-16(22)23)18-20-17(21-24-18)14-7-4-5-9-19-14/h2-9,13H,10-11H2,1H3. The highest BCUT2D eigenvalue weighted by atomic mass is 16.5. The van der Waals surface area contributed by atoms with Gasteiger partial charge in [0.1, 0.15) is 5.69 Å². The van der Waals surface area contributed by atoms with E-state index in [1.807, 2.05) is 49.4 Å². The van der Waals surface area contributed by atoms with Crippen molar-refractivity contribution in [1.82, 2.24) is 15.1 Å². The fourth-order valence-electron chi connectivity index (χ4n) is 2.97. The molecule has 1 fully saturated rings. The summed E-state index contributed by atoms with van der Waals surface area (Å²) in [5, 5.41) is 3.99. The molecule has 1 unspecified atom stereocenters. The van der Waals surface area contributed by atoms with Crippen molar-refractivity contribution in [2.75, 3.05) is 11.4 Å². The Morgan fingerprint density at radius 3 is 2.79 bits per heavy atom. The van der Waals surface area contributed by atoms with E-state index in [2.05, 4.69) is 15.1 Å². The molecule has 0 aliphatic carbocycles. The Morgan fingerprint density at radius 1 is 1.17 bits per heavy atom. The van der Waals surface area contributed by atoms with E-state index >= 15 is 0 Å². The molecule has 6 heteroatoms. The van der Waals surface area contributed by atoms with Crippen molar-refractivity contribution in [3.05, 3.63) is 60.1 Å². The van der Waals surface area contributed by atoms with Gasteiger partial charge in [0.05, 0.1) is 5.92 Å². The Bertz CT molecular complexity index is 875. The van der Waals surface area contributed by atoms with E-state index in [4.69, 9.17) is 4.52 Å². The summed E-state index contributed by atoms with van der Waals surface area (Å²) >= 11 is 0. The van der Waals surface area contributed by atoms with Gasteiger partial charge in [-0.15, -0.1) is 0 Å². The molecular weight excluding hydrogens is 304 g/mol. The fourth-order valence-corrected chi connectivity index (χ4v) is 2.97. The van der Waals surface area contributed by atoms with E-state index in [1.165, 1.54) is 0 Å². The van der Waals surface area contributed by atoms with Crippen LogP contribution in [0.1, 0.15) is 23.8 Å². The quantitative estimate of drug-likeness (QED) is 0.742.